The molecular formula is C62H99FN8O19Si2. The molecule has 15 atom stereocenters. The lowest BCUT2D eigenvalue weighted by atomic mass is 9.87. The topological polar surface area (TPSA) is 333 Å². The number of nitrogens with one attached hydrogen (secondary N) is 1. The molecule has 92 heavy (non-hydrogen) atoms. The van der Waals surface area contributed by atoms with E-state index in [1.807, 2.05) is 39.6 Å². The minimum atomic E-state index is -2.95. The van der Waals surface area contributed by atoms with Crippen LogP contribution in [0.4, 0.5) is 4.39 Å². The molecule has 0 spiro atoms. The molecule has 5 fully saturated rings. The Morgan fingerprint density at radius 1 is 0.641 bits per heavy atom. The molecule has 5 aliphatic heterocycles. The SMILES string of the molecule is C=C1[C@@H](C)[C@@H](CC)O[C@H]1n1ccc(OCC)nc1=O.CC1(F)[C@@H](O)[C@@H](CO)O[C@H]1n1ccc(=O)[nH]c1=O.CCOc1ccn([C@@H]2O[C@@H]3CO[Si](C(C)C)(C(C)C)O[Si](C(C)C)(C(C)C)O[C@@H]3C2(C)O)c(=O)n1.CCOc1ccn([C@@H]2O[C@H](CC)[C@H](C)C2(C)O)c(=O)n1. The van der Waals surface area contributed by atoms with E-state index in [1.165, 1.54) is 13.7 Å². The summed E-state index contributed by atoms with van der Waals surface area (Å²) in [7, 11) is -5.68. The predicted octanol–water partition coefficient (Wildman–Crippen LogP) is 6.24. The summed E-state index contributed by atoms with van der Waals surface area (Å²) in [4.78, 5) is 73.1. The van der Waals surface area contributed by atoms with Gasteiger partial charge in [-0.3, -0.25) is 28.0 Å². The van der Waals surface area contributed by atoms with Gasteiger partial charge in [-0.15, -0.1) is 0 Å². The molecule has 4 aromatic heterocycles. The van der Waals surface area contributed by atoms with Crippen LogP contribution >= 0.6 is 0 Å². The molecule has 0 radical (unpaired) electrons. The molecule has 9 rings (SSSR count). The second kappa shape index (κ2) is 30.9. The van der Waals surface area contributed by atoms with E-state index in [2.05, 4.69) is 90.8 Å². The third-order valence-electron chi connectivity index (χ3n) is 17.9. The third kappa shape index (κ3) is 15.5. The van der Waals surface area contributed by atoms with Gasteiger partial charge in [-0.25, -0.2) is 23.6 Å². The number of aromatic amines is 1. The average Bonchev–Trinajstić information content (AvgIpc) is 1.51. The fourth-order valence-corrected chi connectivity index (χ4v) is 23.7. The number of aliphatic hydroxyl groups is 4. The van der Waals surface area contributed by atoms with E-state index in [4.69, 9.17) is 51.2 Å². The van der Waals surface area contributed by atoms with E-state index < -0.39 is 113 Å². The number of rotatable bonds is 17. The summed E-state index contributed by atoms with van der Waals surface area (Å²) in [5.74, 6) is 1.05. The van der Waals surface area contributed by atoms with Crippen LogP contribution in [-0.2, 0) is 31.9 Å². The maximum absolute atomic E-state index is 14.3. The van der Waals surface area contributed by atoms with E-state index >= 15 is 0 Å². The van der Waals surface area contributed by atoms with Crippen molar-refractivity contribution in [3.63, 3.8) is 0 Å². The lowest BCUT2D eigenvalue weighted by molar-refractivity contribution is -0.0974. The van der Waals surface area contributed by atoms with Gasteiger partial charge >= 0.3 is 39.9 Å². The summed E-state index contributed by atoms with van der Waals surface area (Å²) < 4.78 is 79.1. The highest BCUT2D eigenvalue weighted by atomic mass is 28.5. The van der Waals surface area contributed by atoms with Crippen LogP contribution in [0.2, 0.25) is 22.2 Å². The maximum atomic E-state index is 14.3. The first-order valence-corrected chi connectivity index (χ1v) is 35.8. The Kier molecular flexibility index (Phi) is 25.3. The molecule has 0 aromatic carbocycles. The summed E-state index contributed by atoms with van der Waals surface area (Å²) in [5, 5.41) is 41.0. The Labute approximate surface area is 538 Å². The van der Waals surface area contributed by atoms with Crippen molar-refractivity contribution in [2.45, 2.75) is 238 Å². The lowest BCUT2D eigenvalue weighted by Gasteiger charge is -2.52. The Balaban J connectivity index is 0.000000204. The summed E-state index contributed by atoms with van der Waals surface area (Å²) in [6, 6.07) is 5.92. The van der Waals surface area contributed by atoms with Crippen LogP contribution < -0.4 is 42.5 Å². The quantitative estimate of drug-likeness (QED) is 0.0577. The summed E-state index contributed by atoms with van der Waals surface area (Å²) in [6.07, 6.45) is 0.0362. The third-order valence-corrected chi connectivity index (χ3v) is 28.2. The fourth-order valence-electron chi connectivity index (χ4n) is 12.4. The number of hydrogen-bond acceptors (Lipinski definition) is 22. The van der Waals surface area contributed by atoms with E-state index in [1.54, 1.807) is 50.6 Å². The minimum Gasteiger partial charge on any atom is -0.478 e. The molecule has 0 bridgehead atoms. The normalized spacial score (nSPS) is 31.4. The molecule has 27 nitrogen and oxygen atoms in total. The zero-order chi connectivity index (χ0) is 68.7. The second-order valence-electron chi connectivity index (χ2n) is 25.5. The summed E-state index contributed by atoms with van der Waals surface area (Å²) in [6.45, 7) is 40.2. The van der Waals surface area contributed by atoms with Crippen molar-refractivity contribution in [1.82, 2.24) is 38.2 Å². The van der Waals surface area contributed by atoms with Crippen LogP contribution in [-0.4, -0.2) is 162 Å². The lowest BCUT2D eigenvalue weighted by Crippen LogP contribution is -2.66. The number of alkyl halides is 1. The van der Waals surface area contributed by atoms with Gasteiger partial charge in [0.05, 0.1) is 45.2 Å². The molecule has 0 saturated carbocycles. The van der Waals surface area contributed by atoms with Crippen LogP contribution in [0.5, 0.6) is 17.6 Å². The summed E-state index contributed by atoms with van der Waals surface area (Å²) in [5.41, 5.74) is -6.23. The van der Waals surface area contributed by atoms with E-state index in [0.717, 1.165) is 42.2 Å². The molecule has 4 aromatic rings. The van der Waals surface area contributed by atoms with Crippen molar-refractivity contribution in [2.24, 2.45) is 11.8 Å². The van der Waals surface area contributed by atoms with Crippen LogP contribution in [0.15, 0.2) is 85.2 Å². The monoisotopic (exact) mass is 1330 g/mol. The van der Waals surface area contributed by atoms with Crippen LogP contribution in [0.3, 0.4) is 0 Å². The number of ether oxygens (including phenoxy) is 7. The highest BCUT2D eigenvalue weighted by Gasteiger charge is 2.65. The van der Waals surface area contributed by atoms with Crippen molar-refractivity contribution in [3.8, 4) is 17.6 Å². The highest BCUT2D eigenvalue weighted by molar-refractivity contribution is 6.84. The van der Waals surface area contributed by atoms with Gasteiger partial charge in [0.15, 0.2) is 30.6 Å². The van der Waals surface area contributed by atoms with Gasteiger partial charge in [0, 0.05) is 60.9 Å². The Morgan fingerprint density at radius 3 is 1.48 bits per heavy atom. The molecule has 0 aliphatic carbocycles. The Morgan fingerprint density at radius 2 is 1.09 bits per heavy atom. The fraction of sp³-hybridized carbons (Fsp3) is 0.710. The zero-order valence-electron chi connectivity index (χ0n) is 56.4. The molecule has 0 amide bonds. The van der Waals surface area contributed by atoms with Crippen LogP contribution in [0.1, 0.15) is 162 Å². The van der Waals surface area contributed by atoms with E-state index in [9.17, 15) is 43.7 Å². The first-order valence-electron chi connectivity index (χ1n) is 31.8. The summed E-state index contributed by atoms with van der Waals surface area (Å²) >= 11 is 0. The van der Waals surface area contributed by atoms with Gasteiger partial charge in [-0.2, -0.15) is 15.0 Å². The van der Waals surface area contributed by atoms with Gasteiger partial charge in [0.1, 0.15) is 35.6 Å². The molecule has 516 valence electrons. The molecule has 5 saturated heterocycles. The van der Waals surface area contributed by atoms with Gasteiger partial charge in [0.25, 0.3) is 5.56 Å². The predicted molar refractivity (Wildman–Crippen MR) is 342 cm³/mol. The minimum absolute atomic E-state index is 0.0593. The number of H-pyrrole nitrogens is 1. The molecule has 3 unspecified atom stereocenters. The molecular weight excluding hydrogens is 1240 g/mol. The standard InChI is InChI=1S/C24H44N2O7Si2.C14H22N2O4.C14H20N2O3.C10H13FN2O5/c1-11-29-20-12-13-26(23(27)25-20)22-24(10,28)21-19(31-22)14-30-34(15(2)3,16(4)5)33-35(32-21,17(6)7)18(8)9;1-5-10-9(3)14(4,18)12(20-10)16-8-7-11(19-6-2)15-13(16)17;1-5-11-9(3)10(4)13(19-11)16-8-7-12(18-6-2)15-14(16)17;1-10(11)7(16)5(4-14)18-8(10)13-3-2-6(15)12-9(13)17/h12-13,15-19,21-22,28H,11,14H2,1-10H3;7-10,12,18H,5-6H2,1-4H3;7-9,11,13H,4-6H2,1-3H3;2-3,5,7-8,14,16H,4H2,1H3,(H,12,15,17)/t19-,21+,22-,24?;9-,10+,12+,14?;9-,11-,13-;5-,7+,8-,10?/m1011/s1. The van der Waals surface area contributed by atoms with Crippen LogP contribution in [0, 0.1) is 11.8 Å². The van der Waals surface area contributed by atoms with Gasteiger partial charge < -0.3 is 66.6 Å². The number of halogens is 1. The van der Waals surface area contributed by atoms with Crippen molar-refractivity contribution in [3.05, 3.63) is 113 Å². The number of aromatic nitrogens is 8. The maximum Gasteiger partial charge on any atom is 0.353 e. The molecule has 5 aliphatic rings. The van der Waals surface area contributed by atoms with Crippen molar-refractivity contribution < 1.29 is 70.9 Å². The Hall–Kier alpha value is -5.62. The number of fused-ring (bicyclic) bond motifs is 1. The first-order chi connectivity index (χ1) is 43.1. The van der Waals surface area contributed by atoms with Crippen molar-refractivity contribution in [2.75, 3.05) is 33.0 Å². The number of nitrogens with zero attached hydrogens (tertiary/aromatic N) is 7. The zero-order valence-corrected chi connectivity index (χ0v) is 58.4. The number of aliphatic hydroxyl groups excluding tert-OH is 2. The molecule has 9 heterocycles. The van der Waals surface area contributed by atoms with Crippen molar-refractivity contribution in [1.29, 1.82) is 0 Å². The van der Waals surface area contributed by atoms with Gasteiger partial charge in [0.2, 0.25) is 17.6 Å². The van der Waals surface area contributed by atoms with Gasteiger partial charge in [-0.1, -0.05) is 89.7 Å². The molecule has 30 heteroatoms. The largest absolute Gasteiger partial charge is 0.478 e. The van der Waals surface area contributed by atoms with Crippen molar-refractivity contribution >= 4 is 17.1 Å². The van der Waals surface area contributed by atoms with Gasteiger partial charge in [-0.05, 0) is 82.1 Å². The number of hydrogen-bond donors (Lipinski definition) is 5. The van der Waals surface area contributed by atoms with Crippen LogP contribution in [0.25, 0.3) is 0 Å². The van der Waals surface area contributed by atoms with E-state index in [-0.39, 0.29) is 70.3 Å². The first kappa shape index (κ1) is 75.4. The van der Waals surface area contributed by atoms with E-state index in [0.29, 0.717) is 25.7 Å². The highest BCUT2D eigenvalue weighted by Crippen LogP contribution is 2.51. The Bertz CT molecular complexity index is 3390. The smallest absolute Gasteiger partial charge is 0.353 e. The average molecular weight is 1340 g/mol. The second-order valence-corrected chi connectivity index (χ2v) is 34.3. The molecule has 5 N–H and O–H groups in total.